The molecule has 1 heterocycles. The first-order valence-corrected chi connectivity index (χ1v) is 6.24. The Bertz CT molecular complexity index is 655. The monoisotopic (exact) mass is 291 g/mol. The minimum Gasteiger partial charge on any atom is -0.480 e. The summed E-state index contributed by atoms with van der Waals surface area (Å²) >= 11 is 0. The highest BCUT2D eigenvalue weighted by Crippen LogP contribution is 2.10. The van der Waals surface area contributed by atoms with Gasteiger partial charge in [0.2, 0.25) is 0 Å². The molecule has 110 valence electrons. The number of nitrogens with zero attached hydrogens (tertiary/aromatic N) is 1. The molecule has 0 saturated carbocycles. The Kier molecular flexibility index (Phi) is 4.32. The van der Waals surface area contributed by atoms with Crippen molar-refractivity contribution in [3.05, 3.63) is 53.4 Å². The van der Waals surface area contributed by atoms with Gasteiger partial charge in [0.25, 0.3) is 5.91 Å². The topological polar surface area (TPSA) is 95.1 Å². The van der Waals surface area contributed by atoms with Crippen molar-refractivity contribution in [1.29, 1.82) is 0 Å². The number of aliphatic carboxylic acids is 1. The van der Waals surface area contributed by atoms with Crippen molar-refractivity contribution < 1.29 is 19.1 Å². The van der Waals surface area contributed by atoms with Gasteiger partial charge in [0.15, 0.2) is 0 Å². The van der Waals surface area contributed by atoms with Gasteiger partial charge in [-0.3, -0.25) is 4.79 Å². The van der Waals surface area contributed by atoms with Crippen molar-refractivity contribution in [1.82, 2.24) is 15.3 Å². The molecule has 0 aliphatic carbocycles. The number of nitrogens with one attached hydrogen (secondary N) is 2. The quantitative estimate of drug-likeness (QED) is 0.773. The molecule has 7 heteroatoms. The molecule has 0 unspecified atom stereocenters. The number of hydrogen-bond donors (Lipinski definition) is 3. The summed E-state index contributed by atoms with van der Waals surface area (Å²) in [6, 6.07) is 2.97. The smallest absolute Gasteiger partial charge is 0.326 e. The van der Waals surface area contributed by atoms with Crippen LogP contribution >= 0.6 is 0 Å². The molecule has 0 radical (unpaired) electrons. The number of hydrogen-bond acceptors (Lipinski definition) is 3. The third-order valence-corrected chi connectivity index (χ3v) is 2.95. The molecule has 1 amide bonds. The fourth-order valence-electron chi connectivity index (χ4n) is 1.86. The molecule has 2 rings (SSSR count). The number of aryl methyl sites for hydroxylation is 1. The van der Waals surface area contributed by atoms with Crippen LogP contribution in [0.5, 0.6) is 0 Å². The van der Waals surface area contributed by atoms with Crippen molar-refractivity contribution in [2.24, 2.45) is 0 Å². The van der Waals surface area contributed by atoms with Gasteiger partial charge in [0, 0.05) is 18.3 Å². The molecule has 0 bridgehead atoms. The largest absolute Gasteiger partial charge is 0.480 e. The average molecular weight is 291 g/mol. The van der Waals surface area contributed by atoms with Gasteiger partial charge in [0.1, 0.15) is 11.9 Å². The van der Waals surface area contributed by atoms with Crippen molar-refractivity contribution >= 4 is 11.9 Å². The van der Waals surface area contributed by atoms with E-state index in [1.165, 1.54) is 24.7 Å². The fourth-order valence-corrected chi connectivity index (χ4v) is 1.86. The van der Waals surface area contributed by atoms with Gasteiger partial charge >= 0.3 is 5.97 Å². The maximum Gasteiger partial charge on any atom is 0.326 e. The van der Waals surface area contributed by atoms with Crippen LogP contribution in [-0.4, -0.2) is 33.0 Å². The number of rotatable bonds is 5. The number of aromatic amines is 1. The van der Waals surface area contributed by atoms with Crippen LogP contribution in [0, 0.1) is 12.7 Å². The third-order valence-electron chi connectivity index (χ3n) is 2.95. The number of carboxylic acids is 1. The normalized spacial score (nSPS) is 11.9. The zero-order valence-corrected chi connectivity index (χ0v) is 11.3. The molecule has 0 aliphatic heterocycles. The molecule has 3 N–H and O–H groups in total. The van der Waals surface area contributed by atoms with E-state index >= 15 is 0 Å². The van der Waals surface area contributed by atoms with E-state index < -0.39 is 23.7 Å². The van der Waals surface area contributed by atoms with Crippen molar-refractivity contribution in [3.63, 3.8) is 0 Å². The van der Waals surface area contributed by atoms with Crippen LogP contribution in [-0.2, 0) is 11.2 Å². The zero-order valence-electron chi connectivity index (χ0n) is 11.3. The molecule has 2 aromatic rings. The lowest BCUT2D eigenvalue weighted by molar-refractivity contribution is -0.139. The van der Waals surface area contributed by atoms with E-state index in [1.54, 1.807) is 13.0 Å². The van der Waals surface area contributed by atoms with E-state index in [0.717, 1.165) is 0 Å². The van der Waals surface area contributed by atoms with Gasteiger partial charge in [-0.15, -0.1) is 0 Å². The average Bonchev–Trinajstić information content (AvgIpc) is 2.90. The van der Waals surface area contributed by atoms with Gasteiger partial charge < -0.3 is 15.4 Å². The molecule has 1 aromatic carbocycles. The van der Waals surface area contributed by atoms with Gasteiger partial charge in [-0.05, 0) is 24.6 Å². The first kappa shape index (κ1) is 14.7. The molecule has 0 spiro atoms. The Morgan fingerprint density at radius 3 is 2.81 bits per heavy atom. The lowest BCUT2D eigenvalue weighted by Gasteiger charge is -2.14. The van der Waals surface area contributed by atoms with Crippen LogP contribution in [0.25, 0.3) is 0 Å². The zero-order chi connectivity index (χ0) is 15.4. The molecule has 0 fully saturated rings. The molecule has 1 aromatic heterocycles. The molecule has 0 saturated heterocycles. The lowest BCUT2D eigenvalue weighted by atomic mass is 10.1. The second kappa shape index (κ2) is 6.17. The summed E-state index contributed by atoms with van der Waals surface area (Å²) in [5.41, 5.74) is 1.06. The number of aromatic nitrogens is 2. The Morgan fingerprint density at radius 1 is 1.48 bits per heavy atom. The number of carboxylic acid groups (broad SMARTS) is 1. The highest BCUT2D eigenvalue weighted by molar-refractivity contribution is 5.96. The first-order valence-electron chi connectivity index (χ1n) is 6.24. The summed E-state index contributed by atoms with van der Waals surface area (Å²) in [5.74, 6) is -2.65. The van der Waals surface area contributed by atoms with Gasteiger partial charge in [-0.1, -0.05) is 6.07 Å². The van der Waals surface area contributed by atoms with Gasteiger partial charge in [-0.25, -0.2) is 14.2 Å². The highest BCUT2D eigenvalue weighted by Gasteiger charge is 2.23. The van der Waals surface area contributed by atoms with Gasteiger partial charge in [-0.2, -0.15) is 0 Å². The molecule has 1 atom stereocenters. The summed E-state index contributed by atoms with van der Waals surface area (Å²) < 4.78 is 13.7. The third kappa shape index (κ3) is 3.65. The minimum absolute atomic E-state index is 0.0363. The van der Waals surface area contributed by atoms with E-state index in [-0.39, 0.29) is 12.0 Å². The van der Waals surface area contributed by atoms with Gasteiger partial charge in [0.05, 0.1) is 11.9 Å². The Balaban J connectivity index is 2.12. The van der Waals surface area contributed by atoms with E-state index in [1.807, 2.05) is 0 Å². The Hall–Kier alpha value is -2.70. The maximum absolute atomic E-state index is 13.7. The lowest BCUT2D eigenvalue weighted by Crippen LogP contribution is -2.42. The van der Waals surface area contributed by atoms with E-state index in [2.05, 4.69) is 15.3 Å². The number of imidazole rings is 1. The number of amides is 1. The Labute approximate surface area is 120 Å². The highest BCUT2D eigenvalue weighted by atomic mass is 19.1. The van der Waals surface area contributed by atoms with Crippen molar-refractivity contribution in [3.8, 4) is 0 Å². The fraction of sp³-hybridized carbons (Fsp3) is 0.214. The second-order valence-electron chi connectivity index (χ2n) is 4.63. The van der Waals surface area contributed by atoms with E-state index in [9.17, 15) is 14.0 Å². The maximum atomic E-state index is 13.7. The van der Waals surface area contributed by atoms with E-state index in [4.69, 9.17) is 5.11 Å². The van der Waals surface area contributed by atoms with Crippen molar-refractivity contribution in [2.45, 2.75) is 19.4 Å². The summed E-state index contributed by atoms with van der Waals surface area (Å²) in [7, 11) is 0. The van der Waals surface area contributed by atoms with Crippen LogP contribution in [0.2, 0.25) is 0 Å². The number of carbonyl (C=O) groups excluding carboxylic acids is 1. The van der Waals surface area contributed by atoms with E-state index in [0.29, 0.717) is 11.3 Å². The summed E-state index contributed by atoms with van der Waals surface area (Å²) in [6.07, 6.45) is 2.92. The predicted octanol–water partition coefficient (Wildman–Crippen LogP) is 1.28. The van der Waals surface area contributed by atoms with Crippen LogP contribution in [0.1, 0.15) is 21.6 Å². The number of carbonyl (C=O) groups is 2. The Morgan fingerprint density at radius 2 is 2.24 bits per heavy atom. The van der Waals surface area contributed by atoms with Crippen LogP contribution < -0.4 is 5.32 Å². The number of H-pyrrole nitrogens is 1. The summed E-state index contributed by atoms with van der Waals surface area (Å²) in [4.78, 5) is 29.7. The molecular weight excluding hydrogens is 277 g/mol. The standard InChI is InChI=1S/C14H14FN3O3/c1-8-2-3-10(11(15)4-8)13(19)18-12(14(20)21)5-9-6-16-7-17-9/h2-4,6-7,12H,5H2,1H3,(H,16,17)(H,18,19)(H,20,21)/t12-/m1/s1. The summed E-state index contributed by atoms with van der Waals surface area (Å²) in [5, 5.41) is 11.4. The van der Waals surface area contributed by atoms with Crippen LogP contribution in [0.15, 0.2) is 30.7 Å². The predicted molar refractivity (Wildman–Crippen MR) is 72.3 cm³/mol. The molecule has 0 aliphatic rings. The second-order valence-corrected chi connectivity index (χ2v) is 4.63. The minimum atomic E-state index is -1.20. The molecular formula is C14H14FN3O3. The molecule has 6 nitrogen and oxygen atoms in total. The SMILES string of the molecule is Cc1ccc(C(=O)N[C@H](Cc2cnc[nH]2)C(=O)O)c(F)c1. The number of halogens is 1. The van der Waals surface area contributed by atoms with Crippen LogP contribution in [0.3, 0.4) is 0 Å². The number of benzene rings is 1. The first-order chi connectivity index (χ1) is 9.97. The summed E-state index contributed by atoms with van der Waals surface area (Å²) in [6.45, 7) is 1.70. The van der Waals surface area contributed by atoms with Crippen LogP contribution in [0.4, 0.5) is 4.39 Å². The van der Waals surface area contributed by atoms with Crippen molar-refractivity contribution in [2.75, 3.05) is 0 Å². The molecule has 21 heavy (non-hydrogen) atoms.